The van der Waals surface area contributed by atoms with Crippen LogP contribution < -0.4 is 20.1 Å². The molecule has 2 N–H and O–H groups in total. The first kappa shape index (κ1) is 15.6. The molecule has 6 heteroatoms. The molecule has 0 radical (unpaired) electrons. The van der Waals surface area contributed by atoms with Crippen molar-refractivity contribution < 1.29 is 14.3 Å². The molecule has 2 rings (SSSR count). The molecule has 0 unspecified atom stereocenters. The number of benzene rings is 1. The van der Waals surface area contributed by atoms with Gasteiger partial charge in [-0.3, -0.25) is 9.78 Å². The monoisotopic (exact) mass is 301 g/mol. The van der Waals surface area contributed by atoms with Gasteiger partial charge in [-0.05, 0) is 23.8 Å². The number of hydrogen-bond acceptors (Lipinski definition) is 5. The van der Waals surface area contributed by atoms with E-state index in [-0.39, 0.29) is 12.5 Å². The molecule has 1 aromatic heterocycles. The fraction of sp³-hybridized carbons (Fsp3) is 0.250. The highest BCUT2D eigenvalue weighted by Crippen LogP contribution is 2.28. The number of carbonyl (C=O) groups is 1. The molecule has 0 fully saturated rings. The normalized spacial score (nSPS) is 9.91. The van der Waals surface area contributed by atoms with Crippen LogP contribution in [0.25, 0.3) is 0 Å². The number of carbonyl (C=O) groups excluding carboxylic acids is 1. The van der Waals surface area contributed by atoms with Crippen LogP contribution in [0.15, 0.2) is 42.7 Å². The van der Waals surface area contributed by atoms with Crippen LogP contribution >= 0.6 is 0 Å². The fourth-order valence-corrected chi connectivity index (χ4v) is 1.89. The Balaban J connectivity index is 1.86. The van der Waals surface area contributed by atoms with Gasteiger partial charge in [-0.15, -0.1) is 0 Å². The minimum absolute atomic E-state index is 0.110. The number of hydrogen-bond donors (Lipinski definition) is 2. The quantitative estimate of drug-likeness (QED) is 0.816. The SMILES string of the molecule is COc1ccc(NCC(=O)NCc2cccnc2)c(OC)c1. The Bertz CT molecular complexity index is 617. The summed E-state index contributed by atoms with van der Waals surface area (Å²) in [5, 5.41) is 5.87. The van der Waals surface area contributed by atoms with Gasteiger partial charge >= 0.3 is 0 Å². The van der Waals surface area contributed by atoms with Crippen molar-refractivity contribution in [3.8, 4) is 11.5 Å². The molecule has 22 heavy (non-hydrogen) atoms. The van der Waals surface area contributed by atoms with Crippen molar-refractivity contribution in [2.45, 2.75) is 6.54 Å². The van der Waals surface area contributed by atoms with Gasteiger partial charge in [0.05, 0.1) is 26.5 Å². The van der Waals surface area contributed by atoms with Crippen molar-refractivity contribution in [2.75, 3.05) is 26.1 Å². The number of nitrogens with zero attached hydrogens (tertiary/aromatic N) is 1. The summed E-state index contributed by atoms with van der Waals surface area (Å²) in [5.41, 5.74) is 1.69. The van der Waals surface area contributed by atoms with E-state index in [1.165, 1.54) is 0 Å². The molecule has 1 amide bonds. The number of anilines is 1. The Labute approximate surface area is 129 Å². The molecule has 0 saturated carbocycles. The average Bonchev–Trinajstić information content (AvgIpc) is 2.58. The zero-order chi connectivity index (χ0) is 15.8. The fourth-order valence-electron chi connectivity index (χ4n) is 1.89. The summed E-state index contributed by atoms with van der Waals surface area (Å²) >= 11 is 0. The highest BCUT2D eigenvalue weighted by atomic mass is 16.5. The van der Waals surface area contributed by atoms with Crippen LogP contribution in [-0.2, 0) is 11.3 Å². The Morgan fingerprint density at radius 2 is 2.09 bits per heavy atom. The summed E-state index contributed by atoms with van der Waals surface area (Å²) in [6, 6.07) is 9.12. The third-order valence-electron chi connectivity index (χ3n) is 3.06. The van der Waals surface area contributed by atoms with Crippen molar-refractivity contribution in [2.24, 2.45) is 0 Å². The summed E-state index contributed by atoms with van der Waals surface area (Å²) in [5.74, 6) is 1.21. The predicted molar refractivity (Wildman–Crippen MR) is 84.1 cm³/mol. The molecule has 0 aliphatic rings. The van der Waals surface area contributed by atoms with E-state index in [0.29, 0.717) is 18.0 Å². The molecule has 0 bridgehead atoms. The van der Waals surface area contributed by atoms with E-state index in [2.05, 4.69) is 15.6 Å². The number of pyridine rings is 1. The Kier molecular flexibility index (Phi) is 5.59. The number of nitrogens with one attached hydrogen (secondary N) is 2. The van der Waals surface area contributed by atoms with Crippen molar-refractivity contribution in [1.29, 1.82) is 0 Å². The second-order valence-electron chi connectivity index (χ2n) is 4.56. The zero-order valence-electron chi connectivity index (χ0n) is 12.6. The van der Waals surface area contributed by atoms with Gasteiger partial charge in [-0.25, -0.2) is 0 Å². The second kappa shape index (κ2) is 7.87. The van der Waals surface area contributed by atoms with Gasteiger partial charge in [0.15, 0.2) is 0 Å². The lowest BCUT2D eigenvalue weighted by Gasteiger charge is -2.12. The zero-order valence-corrected chi connectivity index (χ0v) is 12.6. The minimum atomic E-state index is -0.110. The van der Waals surface area contributed by atoms with Gasteiger partial charge in [0.2, 0.25) is 5.91 Å². The summed E-state index contributed by atoms with van der Waals surface area (Å²) in [7, 11) is 3.16. The summed E-state index contributed by atoms with van der Waals surface area (Å²) in [6.45, 7) is 0.608. The van der Waals surface area contributed by atoms with E-state index >= 15 is 0 Å². The number of aromatic nitrogens is 1. The molecule has 0 aliphatic heterocycles. The Morgan fingerprint density at radius 1 is 1.23 bits per heavy atom. The summed E-state index contributed by atoms with van der Waals surface area (Å²) in [6.07, 6.45) is 3.42. The van der Waals surface area contributed by atoms with Crippen molar-refractivity contribution in [3.63, 3.8) is 0 Å². The lowest BCUT2D eigenvalue weighted by atomic mass is 10.2. The molecule has 0 aliphatic carbocycles. The standard InChI is InChI=1S/C16H19N3O3/c1-21-13-5-6-14(15(8-13)22-2)18-11-16(20)19-10-12-4-3-7-17-9-12/h3-9,18H,10-11H2,1-2H3,(H,19,20). The smallest absolute Gasteiger partial charge is 0.239 e. The topological polar surface area (TPSA) is 72.5 Å². The van der Waals surface area contributed by atoms with E-state index in [1.54, 1.807) is 38.7 Å². The van der Waals surface area contributed by atoms with Crippen LogP contribution in [0.2, 0.25) is 0 Å². The molecule has 1 heterocycles. The highest BCUT2D eigenvalue weighted by Gasteiger charge is 2.07. The summed E-state index contributed by atoms with van der Waals surface area (Å²) in [4.78, 5) is 15.9. The first-order valence-electron chi connectivity index (χ1n) is 6.84. The number of ether oxygens (including phenoxy) is 2. The lowest BCUT2D eigenvalue weighted by molar-refractivity contribution is -0.119. The predicted octanol–water partition coefficient (Wildman–Crippen LogP) is 1.83. The van der Waals surface area contributed by atoms with Crippen molar-refractivity contribution >= 4 is 11.6 Å². The highest BCUT2D eigenvalue weighted by molar-refractivity contribution is 5.81. The maximum atomic E-state index is 11.9. The summed E-state index contributed by atoms with van der Waals surface area (Å²) < 4.78 is 10.4. The maximum Gasteiger partial charge on any atom is 0.239 e. The van der Waals surface area contributed by atoms with Gasteiger partial charge in [-0.1, -0.05) is 6.07 Å². The Morgan fingerprint density at radius 3 is 2.77 bits per heavy atom. The molecule has 6 nitrogen and oxygen atoms in total. The van der Waals surface area contributed by atoms with Gasteiger partial charge in [0.1, 0.15) is 11.5 Å². The van der Waals surface area contributed by atoms with Crippen molar-refractivity contribution in [3.05, 3.63) is 48.3 Å². The van der Waals surface area contributed by atoms with Crippen LogP contribution in [0.1, 0.15) is 5.56 Å². The largest absolute Gasteiger partial charge is 0.497 e. The van der Waals surface area contributed by atoms with E-state index in [9.17, 15) is 4.79 Å². The van der Waals surface area contributed by atoms with Crippen LogP contribution in [0.3, 0.4) is 0 Å². The van der Waals surface area contributed by atoms with Crippen LogP contribution in [0.5, 0.6) is 11.5 Å². The van der Waals surface area contributed by atoms with Crippen LogP contribution in [0.4, 0.5) is 5.69 Å². The molecular formula is C16H19N3O3. The average molecular weight is 301 g/mol. The van der Waals surface area contributed by atoms with Crippen LogP contribution in [-0.4, -0.2) is 31.7 Å². The van der Waals surface area contributed by atoms with E-state index < -0.39 is 0 Å². The van der Waals surface area contributed by atoms with Crippen LogP contribution in [0, 0.1) is 0 Å². The van der Waals surface area contributed by atoms with Gasteiger partial charge in [0, 0.05) is 25.0 Å². The molecule has 2 aromatic rings. The minimum Gasteiger partial charge on any atom is -0.497 e. The second-order valence-corrected chi connectivity index (χ2v) is 4.56. The third kappa shape index (κ3) is 4.37. The van der Waals surface area contributed by atoms with E-state index in [4.69, 9.17) is 9.47 Å². The number of methoxy groups -OCH3 is 2. The Hall–Kier alpha value is -2.76. The molecule has 0 spiro atoms. The molecular weight excluding hydrogens is 282 g/mol. The first-order chi connectivity index (χ1) is 10.7. The van der Waals surface area contributed by atoms with E-state index in [0.717, 1.165) is 11.3 Å². The molecule has 1 aromatic carbocycles. The third-order valence-corrected chi connectivity index (χ3v) is 3.06. The lowest BCUT2D eigenvalue weighted by Crippen LogP contribution is -2.29. The number of amides is 1. The molecule has 0 atom stereocenters. The maximum absolute atomic E-state index is 11.9. The van der Waals surface area contributed by atoms with Gasteiger partial charge in [0.25, 0.3) is 0 Å². The number of rotatable bonds is 7. The van der Waals surface area contributed by atoms with E-state index in [1.807, 2.05) is 18.2 Å². The first-order valence-corrected chi connectivity index (χ1v) is 6.84. The van der Waals surface area contributed by atoms with Gasteiger partial charge < -0.3 is 20.1 Å². The van der Waals surface area contributed by atoms with Crippen molar-refractivity contribution in [1.82, 2.24) is 10.3 Å². The molecule has 116 valence electrons. The molecule has 0 saturated heterocycles. The van der Waals surface area contributed by atoms with Gasteiger partial charge in [-0.2, -0.15) is 0 Å².